The first-order chi connectivity index (χ1) is 13.4. The minimum atomic E-state index is -0.366. The molecule has 6 nitrogen and oxygen atoms in total. The van der Waals surface area contributed by atoms with Crippen molar-refractivity contribution in [3.05, 3.63) is 82.0 Å². The number of amides is 1. The maximum atomic E-state index is 12.6. The normalized spacial score (nSPS) is 12.0. The summed E-state index contributed by atoms with van der Waals surface area (Å²) in [5.41, 5.74) is 3.06. The average molecular weight is 376 g/mol. The number of nitrogens with zero attached hydrogens (tertiary/aromatic N) is 2. The molecule has 1 amide bonds. The van der Waals surface area contributed by atoms with Crippen molar-refractivity contribution in [1.29, 1.82) is 0 Å². The van der Waals surface area contributed by atoms with E-state index in [1.54, 1.807) is 18.5 Å². The first kappa shape index (κ1) is 19.5. The van der Waals surface area contributed by atoms with Gasteiger partial charge in [-0.15, -0.1) is 0 Å². The van der Waals surface area contributed by atoms with Crippen molar-refractivity contribution in [1.82, 2.24) is 20.3 Å². The number of aromatic amines is 1. The van der Waals surface area contributed by atoms with Crippen LogP contribution in [-0.4, -0.2) is 20.9 Å². The predicted molar refractivity (Wildman–Crippen MR) is 109 cm³/mol. The Kier molecular flexibility index (Phi) is 5.99. The van der Waals surface area contributed by atoms with Gasteiger partial charge in [-0.1, -0.05) is 43.7 Å². The highest BCUT2D eigenvalue weighted by molar-refractivity contribution is 5.79. The molecule has 144 valence electrons. The van der Waals surface area contributed by atoms with Crippen LogP contribution in [0.1, 0.15) is 36.7 Å². The molecule has 0 spiro atoms. The first-order valence-electron chi connectivity index (χ1n) is 9.29. The second-order valence-corrected chi connectivity index (χ2v) is 7.22. The second kappa shape index (κ2) is 8.61. The van der Waals surface area contributed by atoms with Gasteiger partial charge in [0.1, 0.15) is 5.82 Å². The zero-order valence-corrected chi connectivity index (χ0v) is 16.3. The average Bonchev–Trinajstić information content (AvgIpc) is 2.66. The van der Waals surface area contributed by atoms with E-state index < -0.39 is 0 Å². The van der Waals surface area contributed by atoms with E-state index in [0.717, 1.165) is 16.7 Å². The molecule has 0 aliphatic carbocycles. The number of benzene rings is 1. The number of hydrogen-bond acceptors (Lipinski definition) is 4. The number of aryl methyl sites for hydroxylation is 1. The molecular weight excluding hydrogens is 352 g/mol. The summed E-state index contributed by atoms with van der Waals surface area (Å²) in [6.45, 7) is 5.98. The van der Waals surface area contributed by atoms with Crippen LogP contribution < -0.4 is 10.9 Å². The van der Waals surface area contributed by atoms with Crippen LogP contribution in [0.25, 0.3) is 11.4 Å². The number of carbonyl (C=O) groups is 1. The molecule has 1 aromatic carbocycles. The molecule has 28 heavy (non-hydrogen) atoms. The van der Waals surface area contributed by atoms with Gasteiger partial charge in [0, 0.05) is 24.0 Å². The SMILES string of the molecule is Cc1cccc(CC(=O)N[C@H](c2cc(=O)[nH]c(-c3cccnc3)n2)C(C)C)c1. The van der Waals surface area contributed by atoms with Gasteiger partial charge >= 0.3 is 0 Å². The Morgan fingerprint density at radius 3 is 2.68 bits per heavy atom. The number of rotatable bonds is 6. The zero-order chi connectivity index (χ0) is 20.1. The van der Waals surface area contributed by atoms with Gasteiger partial charge in [-0.2, -0.15) is 0 Å². The molecule has 0 bridgehead atoms. The lowest BCUT2D eigenvalue weighted by molar-refractivity contribution is -0.121. The third-order valence-electron chi connectivity index (χ3n) is 4.45. The van der Waals surface area contributed by atoms with E-state index in [-0.39, 0.29) is 29.8 Å². The highest BCUT2D eigenvalue weighted by atomic mass is 16.1. The van der Waals surface area contributed by atoms with Gasteiger partial charge in [-0.3, -0.25) is 14.6 Å². The third kappa shape index (κ3) is 4.91. The van der Waals surface area contributed by atoms with Gasteiger partial charge in [-0.25, -0.2) is 4.98 Å². The molecular formula is C22H24N4O2. The van der Waals surface area contributed by atoms with Crippen LogP contribution in [-0.2, 0) is 11.2 Å². The lowest BCUT2D eigenvalue weighted by Crippen LogP contribution is -2.34. The fourth-order valence-corrected chi connectivity index (χ4v) is 3.09. The molecule has 0 aliphatic heterocycles. The van der Waals surface area contributed by atoms with Crippen LogP contribution in [0.2, 0.25) is 0 Å². The summed E-state index contributed by atoms with van der Waals surface area (Å²) < 4.78 is 0. The van der Waals surface area contributed by atoms with Crippen LogP contribution in [0, 0.1) is 12.8 Å². The quantitative estimate of drug-likeness (QED) is 0.692. The number of aromatic nitrogens is 3. The van der Waals surface area contributed by atoms with E-state index in [4.69, 9.17) is 0 Å². The van der Waals surface area contributed by atoms with Crippen LogP contribution in [0.4, 0.5) is 0 Å². The second-order valence-electron chi connectivity index (χ2n) is 7.22. The molecule has 6 heteroatoms. The van der Waals surface area contributed by atoms with E-state index in [9.17, 15) is 9.59 Å². The monoisotopic (exact) mass is 376 g/mol. The summed E-state index contributed by atoms with van der Waals surface area (Å²) in [6, 6.07) is 12.6. The predicted octanol–water partition coefficient (Wildman–Crippen LogP) is 3.20. The van der Waals surface area contributed by atoms with Crippen molar-refractivity contribution in [2.75, 3.05) is 0 Å². The molecule has 0 fully saturated rings. The minimum absolute atomic E-state index is 0.0671. The fraction of sp³-hybridized carbons (Fsp3) is 0.273. The van der Waals surface area contributed by atoms with Crippen LogP contribution in [0.15, 0.2) is 59.7 Å². The number of H-pyrrole nitrogens is 1. The van der Waals surface area contributed by atoms with Crippen LogP contribution in [0.3, 0.4) is 0 Å². The van der Waals surface area contributed by atoms with Gasteiger partial charge < -0.3 is 10.3 Å². The topological polar surface area (TPSA) is 87.7 Å². The highest BCUT2D eigenvalue weighted by Crippen LogP contribution is 2.21. The van der Waals surface area contributed by atoms with E-state index in [0.29, 0.717) is 11.5 Å². The van der Waals surface area contributed by atoms with Crippen LogP contribution >= 0.6 is 0 Å². The van der Waals surface area contributed by atoms with Crippen molar-refractivity contribution in [2.24, 2.45) is 5.92 Å². The van der Waals surface area contributed by atoms with E-state index in [1.807, 2.05) is 51.1 Å². The van der Waals surface area contributed by atoms with Crippen molar-refractivity contribution < 1.29 is 4.79 Å². The first-order valence-corrected chi connectivity index (χ1v) is 9.29. The van der Waals surface area contributed by atoms with Gasteiger partial charge in [0.2, 0.25) is 5.91 Å². The number of hydrogen-bond donors (Lipinski definition) is 2. The Hall–Kier alpha value is -3.28. The summed E-state index contributed by atoms with van der Waals surface area (Å²) in [6.07, 6.45) is 3.58. The summed E-state index contributed by atoms with van der Waals surface area (Å²) in [7, 11) is 0. The largest absolute Gasteiger partial charge is 0.347 e. The summed E-state index contributed by atoms with van der Waals surface area (Å²) in [5, 5.41) is 3.04. The fourth-order valence-electron chi connectivity index (χ4n) is 3.09. The van der Waals surface area contributed by atoms with Crippen LogP contribution in [0.5, 0.6) is 0 Å². The molecule has 3 rings (SSSR count). The molecule has 3 aromatic rings. The van der Waals surface area contributed by atoms with Crippen molar-refractivity contribution in [3.63, 3.8) is 0 Å². The Bertz CT molecular complexity index is 1010. The molecule has 0 unspecified atom stereocenters. The van der Waals surface area contributed by atoms with Gasteiger partial charge in [0.15, 0.2) is 0 Å². The highest BCUT2D eigenvalue weighted by Gasteiger charge is 2.21. The molecule has 0 radical (unpaired) electrons. The molecule has 0 saturated heterocycles. The zero-order valence-electron chi connectivity index (χ0n) is 16.3. The summed E-state index contributed by atoms with van der Waals surface area (Å²) in [5.74, 6) is 0.404. The van der Waals surface area contributed by atoms with Gasteiger partial charge in [0.25, 0.3) is 5.56 Å². The number of pyridine rings is 1. The van der Waals surface area contributed by atoms with E-state index in [2.05, 4.69) is 20.3 Å². The molecule has 2 heterocycles. The molecule has 2 aromatic heterocycles. The minimum Gasteiger partial charge on any atom is -0.347 e. The van der Waals surface area contributed by atoms with Crippen molar-refractivity contribution in [3.8, 4) is 11.4 Å². The van der Waals surface area contributed by atoms with E-state index in [1.165, 1.54) is 6.07 Å². The van der Waals surface area contributed by atoms with Crippen molar-refractivity contribution >= 4 is 5.91 Å². The Labute approximate surface area is 164 Å². The lowest BCUT2D eigenvalue weighted by Gasteiger charge is -2.22. The van der Waals surface area contributed by atoms with E-state index >= 15 is 0 Å². The Morgan fingerprint density at radius 2 is 2.00 bits per heavy atom. The smallest absolute Gasteiger partial charge is 0.251 e. The standard InChI is InChI=1S/C22H24N4O2/c1-14(2)21(25-19(27)11-16-7-4-6-15(3)10-16)18-12-20(28)26-22(24-18)17-8-5-9-23-13-17/h4-10,12-14,21H,11H2,1-3H3,(H,25,27)(H,24,26,28)/t21-/m0/s1. The summed E-state index contributed by atoms with van der Waals surface area (Å²) >= 11 is 0. The third-order valence-corrected chi connectivity index (χ3v) is 4.45. The molecule has 0 aliphatic rings. The van der Waals surface area contributed by atoms with Gasteiger partial charge in [0.05, 0.1) is 18.2 Å². The lowest BCUT2D eigenvalue weighted by atomic mass is 9.99. The number of nitrogens with one attached hydrogen (secondary N) is 2. The summed E-state index contributed by atoms with van der Waals surface area (Å²) in [4.78, 5) is 36.2. The molecule has 1 atom stereocenters. The molecule has 0 saturated carbocycles. The maximum absolute atomic E-state index is 12.6. The molecule has 2 N–H and O–H groups in total. The number of carbonyl (C=O) groups excluding carboxylic acids is 1. The van der Waals surface area contributed by atoms with Crippen molar-refractivity contribution in [2.45, 2.75) is 33.2 Å². The van der Waals surface area contributed by atoms with Gasteiger partial charge in [-0.05, 0) is 30.5 Å². The Balaban J connectivity index is 1.85. The Morgan fingerprint density at radius 1 is 1.18 bits per heavy atom. The maximum Gasteiger partial charge on any atom is 0.251 e.